The van der Waals surface area contributed by atoms with E-state index in [1.807, 2.05) is 42.5 Å². The van der Waals surface area contributed by atoms with Crippen molar-refractivity contribution in [1.29, 1.82) is 0 Å². The molecular formula is C27H35N3O3S. The van der Waals surface area contributed by atoms with Gasteiger partial charge in [0.1, 0.15) is 12.4 Å². The van der Waals surface area contributed by atoms with Crippen molar-refractivity contribution in [3.05, 3.63) is 77.9 Å². The zero-order chi connectivity index (χ0) is 23.8. The van der Waals surface area contributed by atoms with Crippen molar-refractivity contribution in [2.45, 2.75) is 25.8 Å². The molecule has 0 saturated carbocycles. The highest BCUT2D eigenvalue weighted by Crippen LogP contribution is 2.17. The van der Waals surface area contributed by atoms with Crippen molar-refractivity contribution < 1.29 is 14.3 Å². The topological polar surface area (TPSA) is 70.7 Å². The number of piperidine rings is 1. The van der Waals surface area contributed by atoms with Crippen LogP contribution in [0.5, 0.6) is 5.75 Å². The summed E-state index contributed by atoms with van der Waals surface area (Å²) in [5, 5.41) is 5.72. The van der Waals surface area contributed by atoms with Gasteiger partial charge >= 0.3 is 0 Å². The fraction of sp³-hybridized carbons (Fsp3) is 0.407. The molecule has 1 saturated heterocycles. The number of nitrogens with zero attached hydrogens (tertiary/aromatic N) is 1. The third kappa shape index (κ3) is 10.0. The number of nitrogens with one attached hydrogen (secondary N) is 2. The van der Waals surface area contributed by atoms with Crippen molar-refractivity contribution in [3.8, 4) is 5.75 Å². The Labute approximate surface area is 207 Å². The highest BCUT2D eigenvalue weighted by atomic mass is 32.2. The Morgan fingerprint density at radius 2 is 1.79 bits per heavy atom. The van der Waals surface area contributed by atoms with Crippen molar-refractivity contribution in [2.75, 3.05) is 44.3 Å². The van der Waals surface area contributed by atoms with Gasteiger partial charge < -0.3 is 15.4 Å². The summed E-state index contributed by atoms with van der Waals surface area (Å²) in [4.78, 5) is 26.4. The van der Waals surface area contributed by atoms with Gasteiger partial charge in [0.2, 0.25) is 5.91 Å². The number of hydrogen-bond acceptors (Lipinski definition) is 5. The average molecular weight is 482 g/mol. The van der Waals surface area contributed by atoms with Gasteiger partial charge in [0.25, 0.3) is 5.91 Å². The summed E-state index contributed by atoms with van der Waals surface area (Å²) in [6, 6.07) is 17.4. The van der Waals surface area contributed by atoms with E-state index in [-0.39, 0.29) is 11.8 Å². The van der Waals surface area contributed by atoms with Crippen LogP contribution in [0.1, 0.15) is 35.2 Å². The molecule has 2 aromatic rings. The maximum atomic E-state index is 11.9. The molecule has 0 radical (unpaired) electrons. The van der Waals surface area contributed by atoms with Gasteiger partial charge in [-0.3, -0.25) is 14.5 Å². The Hall–Kier alpha value is -2.77. The lowest BCUT2D eigenvalue weighted by molar-refractivity contribution is -0.118. The second-order valence-electron chi connectivity index (χ2n) is 8.25. The minimum absolute atomic E-state index is 0.0182. The zero-order valence-electron chi connectivity index (χ0n) is 19.7. The van der Waals surface area contributed by atoms with Crippen molar-refractivity contribution in [1.82, 2.24) is 15.5 Å². The standard InChI is InChI=1S/C27H35N3O3S/c31-26(22-34-19-15-29-27(32)24-11-3-1-4-12-24)28-14-5-8-18-33-25-13-9-10-23(20-25)21-30-16-6-2-7-17-30/h1,3-5,8-13,20H,2,6-7,14-19,21-22H2,(H,28,31)(H,29,32)/b8-5-. The van der Waals surface area contributed by atoms with Gasteiger partial charge in [-0.25, -0.2) is 0 Å². The summed E-state index contributed by atoms with van der Waals surface area (Å²) in [5.74, 6) is 1.82. The molecule has 3 rings (SSSR count). The Kier molecular flexibility index (Phi) is 11.5. The molecule has 2 aromatic carbocycles. The Bertz CT molecular complexity index is 914. The molecule has 1 fully saturated rings. The van der Waals surface area contributed by atoms with Crippen molar-refractivity contribution in [3.63, 3.8) is 0 Å². The molecule has 0 bridgehead atoms. The summed E-state index contributed by atoms with van der Waals surface area (Å²) >= 11 is 1.50. The molecule has 1 aliphatic heterocycles. The van der Waals surface area contributed by atoms with E-state index < -0.39 is 0 Å². The van der Waals surface area contributed by atoms with E-state index in [1.54, 1.807) is 12.1 Å². The number of thioether (sulfide) groups is 1. The van der Waals surface area contributed by atoms with Gasteiger partial charge in [-0.1, -0.05) is 42.8 Å². The number of carbonyl (C=O) groups is 2. The number of likely N-dealkylation sites (tertiary alicyclic amines) is 1. The number of hydrogen-bond donors (Lipinski definition) is 2. The van der Waals surface area contributed by atoms with Gasteiger partial charge in [-0.15, -0.1) is 0 Å². The summed E-state index contributed by atoms with van der Waals surface area (Å²) < 4.78 is 5.83. The molecule has 0 aromatic heterocycles. The second-order valence-corrected chi connectivity index (χ2v) is 9.35. The summed E-state index contributed by atoms with van der Waals surface area (Å²) in [6.07, 6.45) is 7.76. The van der Waals surface area contributed by atoms with Gasteiger partial charge in [0, 0.05) is 31.0 Å². The molecule has 1 aliphatic rings. The molecule has 182 valence electrons. The minimum atomic E-state index is -0.0910. The van der Waals surface area contributed by atoms with E-state index in [4.69, 9.17) is 4.74 Å². The monoisotopic (exact) mass is 481 g/mol. The fourth-order valence-corrected chi connectivity index (χ4v) is 4.40. The number of amides is 2. The molecule has 2 N–H and O–H groups in total. The van der Waals surface area contributed by atoms with E-state index in [9.17, 15) is 9.59 Å². The fourth-order valence-electron chi connectivity index (χ4n) is 3.72. The molecule has 1 heterocycles. The van der Waals surface area contributed by atoms with Crippen LogP contribution >= 0.6 is 11.8 Å². The molecular weight excluding hydrogens is 446 g/mol. The Morgan fingerprint density at radius 1 is 0.971 bits per heavy atom. The van der Waals surface area contributed by atoms with E-state index in [2.05, 4.69) is 27.7 Å². The lowest BCUT2D eigenvalue weighted by Gasteiger charge is -2.26. The van der Waals surface area contributed by atoms with Crippen LogP contribution in [-0.4, -0.2) is 61.0 Å². The van der Waals surface area contributed by atoms with Crippen LogP contribution < -0.4 is 15.4 Å². The highest BCUT2D eigenvalue weighted by molar-refractivity contribution is 7.99. The zero-order valence-corrected chi connectivity index (χ0v) is 20.5. The molecule has 6 nitrogen and oxygen atoms in total. The Balaban J connectivity index is 1.21. The summed E-state index contributed by atoms with van der Waals surface area (Å²) in [7, 11) is 0. The van der Waals surface area contributed by atoms with E-state index >= 15 is 0 Å². The minimum Gasteiger partial charge on any atom is -0.490 e. The van der Waals surface area contributed by atoms with Crippen LogP contribution in [0.3, 0.4) is 0 Å². The molecule has 0 spiro atoms. The predicted octanol–water partition coefficient (Wildman–Crippen LogP) is 3.89. The van der Waals surface area contributed by atoms with Crippen LogP contribution in [0.4, 0.5) is 0 Å². The van der Waals surface area contributed by atoms with E-state index in [0.717, 1.165) is 12.3 Å². The normalized spacial score (nSPS) is 14.1. The van der Waals surface area contributed by atoms with Gasteiger partial charge in [0.15, 0.2) is 0 Å². The van der Waals surface area contributed by atoms with E-state index in [1.165, 1.54) is 49.7 Å². The van der Waals surface area contributed by atoms with Crippen LogP contribution in [0.15, 0.2) is 66.7 Å². The highest BCUT2D eigenvalue weighted by Gasteiger charge is 2.10. The lowest BCUT2D eigenvalue weighted by Crippen LogP contribution is -2.29. The number of rotatable bonds is 13. The number of carbonyl (C=O) groups excluding carboxylic acids is 2. The third-order valence-electron chi connectivity index (χ3n) is 5.48. The molecule has 0 unspecified atom stereocenters. The SMILES string of the molecule is O=C(CSCCNC(=O)c1ccccc1)NC/C=C\COc1cccc(CN2CCCCC2)c1. The lowest BCUT2D eigenvalue weighted by atomic mass is 10.1. The molecule has 7 heteroatoms. The summed E-state index contributed by atoms with van der Waals surface area (Å²) in [6.45, 7) is 4.83. The van der Waals surface area contributed by atoms with Gasteiger partial charge in [-0.05, 0) is 61.8 Å². The maximum Gasteiger partial charge on any atom is 0.251 e. The first-order chi connectivity index (χ1) is 16.7. The first kappa shape index (κ1) is 25.8. The second kappa shape index (κ2) is 15.2. The van der Waals surface area contributed by atoms with Crippen LogP contribution in [-0.2, 0) is 11.3 Å². The third-order valence-corrected chi connectivity index (χ3v) is 6.44. The number of ether oxygens (including phenoxy) is 1. The molecule has 2 amide bonds. The first-order valence-corrected chi connectivity index (χ1v) is 13.1. The quantitative estimate of drug-likeness (QED) is 0.336. The van der Waals surface area contributed by atoms with Gasteiger partial charge in [0.05, 0.1) is 5.75 Å². The van der Waals surface area contributed by atoms with E-state index in [0.29, 0.717) is 36.8 Å². The molecule has 0 aliphatic carbocycles. The predicted molar refractivity (Wildman–Crippen MR) is 139 cm³/mol. The first-order valence-electron chi connectivity index (χ1n) is 12.0. The largest absolute Gasteiger partial charge is 0.490 e. The molecule has 34 heavy (non-hydrogen) atoms. The molecule has 0 atom stereocenters. The van der Waals surface area contributed by atoms with Crippen LogP contribution in [0, 0.1) is 0 Å². The van der Waals surface area contributed by atoms with Crippen LogP contribution in [0.2, 0.25) is 0 Å². The van der Waals surface area contributed by atoms with Gasteiger partial charge in [-0.2, -0.15) is 11.8 Å². The van der Waals surface area contributed by atoms with Crippen molar-refractivity contribution >= 4 is 23.6 Å². The summed E-state index contributed by atoms with van der Waals surface area (Å²) in [5.41, 5.74) is 1.93. The number of benzene rings is 2. The maximum absolute atomic E-state index is 11.9. The van der Waals surface area contributed by atoms with Crippen molar-refractivity contribution in [2.24, 2.45) is 0 Å². The van der Waals surface area contributed by atoms with Crippen LogP contribution in [0.25, 0.3) is 0 Å². The average Bonchev–Trinajstić information content (AvgIpc) is 2.87. The Morgan fingerprint density at radius 3 is 2.62 bits per heavy atom. The smallest absolute Gasteiger partial charge is 0.251 e.